The average Bonchev–Trinajstić information content (AvgIpc) is 3.08. The Morgan fingerprint density at radius 3 is 2.76 bits per heavy atom. The lowest BCUT2D eigenvalue weighted by atomic mass is 10.1. The smallest absolute Gasteiger partial charge is 0.223 e. The highest BCUT2D eigenvalue weighted by Crippen LogP contribution is 2.18. The molecule has 0 aliphatic carbocycles. The number of hydrogen-bond donors (Lipinski definition) is 0. The van der Waals surface area contributed by atoms with E-state index >= 15 is 0 Å². The van der Waals surface area contributed by atoms with E-state index in [1.54, 1.807) is 7.11 Å². The van der Waals surface area contributed by atoms with Gasteiger partial charge in [0.25, 0.3) is 0 Å². The first-order chi connectivity index (χ1) is 12.1. The van der Waals surface area contributed by atoms with Crippen LogP contribution in [-0.2, 0) is 11.2 Å². The van der Waals surface area contributed by atoms with Crippen molar-refractivity contribution in [3.63, 3.8) is 0 Å². The van der Waals surface area contributed by atoms with E-state index in [4.69, 9.17) is 9.47 Å². The van der Waals surface area contributed by atoms with Crippen molar-refractivity contribution >= 4 is 5.91 Å². The molecule has 132 valence electrons. The monoisotopic (exact) mass is 340 g/mol. The summed E-state index contributed by atoms with van der Waals surface area (Å²) in [6, 6.07) is 13.6. The lowest BCUT2D eigenvalue weighted by Gasteiger charge is -2.17. The normalized spacial score (nSPS) is 16.7. The van der Waals surface area contributed by atoms with E-state index in [-0.39, 0.29) is 12.0 Å². The zero-order valence-corrected chi connectivity index (χ0v) is 14.8. The van der Waals surface area contributed by atoms with Gasteiger partial charge in [0.15, 0.2) is 0 Å². The maximum absolute atomic E-state index is 12.4. The molecule has 1 fully saturated rings. The number of benzene rings is 1. The number of methoxy groups -OCH3 is 1. The number of aromatic nitrogens is 1. The van der Waals surface area contributed by atoms with Crippen LogP contribution in [-0.4, -0.2) is 42.1 Å². The summed E-state index contributed by atoms with van der Waals surface area (Å²) in [5.41, 5.74) is 2.08. The molecule has 1 amide bonds. The van der Waals surface area contributed by atoms with Crippen molar-refractivity contribution in [1.29, 1.82) is 0 Å². The fourth-order valence-corrected chi connectivity index (χ4v) is 3.01. The van der Waals surface area contributed by atoms with Gasteiger partial charge in [-0.05, 0) is 37.1 Å². The van der Waals surface area contributed by atoms with Crippen molar-refractivity contribution in [3.05, 3.63) is 53.7 Å². The molecule has 1 saturated heterocycles. The Kier molecular flexibility index (Phi) is 5.53. The van der Waals surface area contributed by atoms with Gasteiger partial charge in [0.2, 0.25) is 11.8 Å². The van der Waals surface area contributed by atoms with Gasteiger partial charge in [-0.25, -0.2) is 4.98 Å². The van der Waals surface area contributed by atoms with E-state index in [0.717, 1.165) is 36.4 Å². The van der Waals surface area contributed by atoms with Gasteiger partial charge in [-0.1, -0.05) is 18.2 Å². The van der Waals surface area contributed by atoms with E-state index in [9.17, 15) is 4.79 Å². The number of aryl methyl sites for hydroxylation is 2. The number of carbonyl (C=O) groups excluding carboxylic acids is 1. The van der Waals surface area contributed by atoms with Crippen LogP contribution in [0.15, 0.2) is 42.5 Å². The predicted octanol–water partition coefficient (Wildman–Crippen LogP) is 3.01. The van der Waals surface area contributed by atoms with Crippen LogP contribution in [0.3, 0.4) is 0 Å². The summed E-state index contributed by atoms with van der Waals surface area (Å²) in [6.07, 6.45) is 2.13. The molecule has 25 heavy (non-hydrogen) atoms. The van der Waals surface area contributed by atoms with E-state index in [0.29, 0.717) is 18.8 Å². The van der Waals surface area contributed by atoms with Crippen molar-refractivity contribution in [2.45, 2.75) is 32.3 Å². The van der Waals surface area contributed by atoms with Gasteiger partial charge >= 0.3 is 0 Å². The molecule has 0 spiro atoms. The van der Waals surface area contributed by atoms with Gasteiger partial charge in [-0.15, -0.1) is 0 Å². The maximum atomic E-state index is 12.4. The topological polar surface area (TPSA) is 51.7 Å². The summed E-state index contributed by atoms with van der Waals surface area (Å²) >= 11 is 0. The molecule has 5 heteroatoms. The van der Waals surface area contributed by atoms with Gasteiger partial charge in [0, 0.05) is 31.1 Å². The minimum atomic E-state index is 0.0271. The van der Waals surface area contributed by atoms with Crippen LogP contribution < -0.4 is 9.47 Å². The highest BCUT2D eigenvalue weighted by atomic mass is 16.5. The number of pyridine rings is 1. The molecule has 2 heterocycles. The predicted molar refractivity (Wildman–Crippen MR) is 95.9 cm³/mol. The Bertz CT molecular complexity index is 715. The summed E-state index contributed by atoms with van der Waals surface area (Å²) in [6.45, 7) is 3.32. The van der Waals surface area contributed by atoms with Gasteiger partial charge in [0.1, 0.15) is 11.9 Å². The zero-order valence-electron chi connectivity index (χ0n) is 14.8. The molecule has 0 N–H and O–H groups in total. The lowest BCUT2D eigenvalue weighted by molar-refractivity contribution is -0.130. The summed E-state index contributed by atoms with van der Waals surface area (Å²) in [5.74, 6) is 1.65. The van der Waals surface area contributed by atoms with E-state index in [1.807, 2.05) is 54.3 Å². The Morgan fingerprint density at radius 1 is 1.24 bits per heavy atom. The number of carbonyl (C=O) groups is 1. The van der Waals surface area contributed by atoms with Crippen LogP contribution in [0.25, 0.3) is 0 Å². The molecular weight excluding hydrogens is 316 g/mol. The number of nitrogens with zero attached hydrogens (tertiary/aromatic N) is 2. The Hall–Kier alpha value is -2.56. The molecule has 1 aromatic heterocycles. The SMILES string of the molecule is COc1ccc(CCC(=O)N2CCC(Oc3cccc(C)n3)C2)cc1. The number of rotatable bonds is 6. The summed E-state index contributed by atoms with van der Waals surface area (Å²) < 4.78 is 11.1. The molecule has 1 aromatic carbocycles. The standard InChI is InChI=1S/C20H24N2O3/c1-15-4-3-5-19(21-15)25-18-12-13-22(14-18)20(23)11-8-16-6-9-17(24-2)10-7-16/h3-7,9-10,18H,8,11-14H2,1-2H3. The number of amides is 1. The molecule has 1 atom stereocenters. The van der Waals surface area contributed by atoms with Crippen LogP contribution in [0.4, 0.5) is 0 Å². The minimum Gasteiger partial charge on any atom is -0.497 e. The molecule has 1 aliphatic heterocycles. The second-order valence-corrected chi connectivity index (χ2v) is 6.33. The highest BCUT2D eigenvalue weighted by Gasteiger charge is 2.27. The number of likely N-dealkylation sites (tertiary alicyclic amines) is 1. The second-order valence-electron chi connectivity index (χ2n) is 6.33. The maximum Gasteiger partial charge on any atom is 0.223 e. The quantitative estimate of drug-likeness (QED) is 0.811. The summed E-state index contributed by atoms with van der Waals surface area (Å²) in [5, 5.41) is 0. The lowest BCUT2D eigenvalue weighted by Crippen LogP contribution is -2.31. The molecule has 3 rings (SSSR count). The van der Waals surface area contributed by atoms with Gasteiger partial charge in [0.05, 0.1) is 13.7 Å². The zero-order chi connectivity index (χ0) is 17.6. The Labute approximate surface area is 148 Å². The Morgan fingerprint density at radius 2 is 2.04 bits per heavy atom. The fraction of sp³-hybridized carbons (Fsp3) is 0.400. The van der Waals surface area contributed by atoms with E-state index in [2.05, 4.69) is 4.98 Å². The molecular formula is C20H24N2O3. The van der Waals surface area contributed by atoms with Crippen LogP contribution in [0, 0.1) is 6.92 Å². The first-order valence-corrected chi connectivity index (χ1v) is 8.65. The van der Waals surface area contributed by atoms with Crippen molar-refractivity contribution in [1.82, 2.24) is 9.88 Å². The third-order valence-corrected chi connectivity index (χ3v) is 4.43. The highest BCUT2D eigenvalue weighted by molar-refractivity contribution is 5.76. The molecule has 2 aromatic rings. The summed E-state index contributed by atoms with van der Waals surface area (Å²) in [4.78, 5) is 18.7. The van der Waals surface area contributed by atoms with Crippen molar-refractivity contribution < 1.29 is 14.3 Å². The number of ether oxygens (including phenoxy) is 2. The number of hydrogen-bond acceptors (Lipinski definition) is 4. The van der Waals surface area contributed by atoms with Crippen molar-refractivity contribution in [2.75, 3.05) is 20.2 Å². The van der Waals surface area contributed by atoms with Crippen molar-refractivity contribution in [3.8, 4) is 11.6 Å². The summed E-state index contributed by atoms with van der Waals surface area (Å²) in [7, 11) is 1.65. The molecule has 0 saturated carbocycles. The average molecular weight is 340 g/mol. The van der Waals surface area contributed by atoms with E-state index in [1.165, 1.54) is 0 Å². The first-order valence-electron chi connectivity index (χ1n) is 8.65. The molecule has 5 nitrogen and oxygen atoms in total. The van der Waals surface area contributed by atoms with E-state index < -0.39 is 0 Å². The van der Waals surface area contributed by atoms with Crippen LogP contribution in [0.1, 0.15) is 24.1 Å². The molecule has 0 bridgehead atoms. The molecule has 0 radical (unpaired) electrons. The van der Waals surface area contributed by atoms with Crippen LogP contribution in [0.2, 0.25) is 0 Å². The van der Waals surface area contributed by atoms with Gasteiger partial charge < -0.3 is 14.4 Å². The van der Waals surface area contributed by atoms with Crippen LogP contribution in [0.5, 0.6) is 11.6 Å². The first kappa shape index (κ1) is 17.3. The van der Waals surface area contributed by atoms with Crippen LogP contribution >= 0.6 is 0 Å². The second kappa shape index (κ2) is 8.01. The van der Waals surface area contributed by atoms with Gasteiger partial charge in [-0.2, -0.15) is 0 Å². The molecule has 1 unspecified atom stereocenters. The largest absolute Gasteiger partial charge is 0.497 e. The van der Waals surface area contributed by atoms with Gasteiger partial charge in [-0.3, -0.25) is 4.79 Å². The third kappa shape index (κ3) is 4.72. The van der Waals surface area contributed by atoms with Crippen molar-refractivity contribution in [2.24, 2.45) is 0 Å². The molecule has 1 aliphatic rings. The fourth-order valence-electron chi connectivity index (χ4n) is 3.01. The Balaban J connectivity index is 1.47. The minimum absolute atomic E-state index is 0.0271. The third-order valence-electron chi connectivity index (χ3n) is 4.43.